The topological polar surface area (TPSA) is 63.2 Å². The van der Waals surface area contributed by atoms with Crippen LogP contribution < -0.4 is 5.32 Å². The maximum atomic E-state index is 12.9. The van der Waals surface area contributed by atoms with E-state index >= 15 is 0 Å². The van der Waals surface area contributed by atoms with Crippen LogP contribution in [-0.2, 0) is 14.6 Å². The first-order valence-electron chi connectivity index (χ1n) is 9.60. The molecule has 1 atom stereocenters. The number of nitrogens with one attached hydrogen (secondary N) is 1. The molecule has 4 nitrogen and oxygen atoms in total. The highest BCUT2D eigenvalue weighted by Gasteiger charge is 2.27. The second-order valence-electron chi connectivity index (χ2n) is 7.08. The van der Waals surface area contributed by atoms with E-state index in [1.807, 2.05) is 19.9 Å². The average molecular weight is 380 g/mol. The molecule has 26 heavy (non-hydrogen) atoms. The number of hydrogen-bond donors (Lipinski definition) is 1. The Balaban J connectivity index is 2.84. The molecule has 0 aliphatic heterocycles. The number of sulfone groups is 1. The lowest BCUT2D eigenvalue weighted by molar-refractivity contribution is -0.121. The third-order valence-corrected chi connectivity index (χ3v) is 6.19. The molecule has 0 fully saturated rings. The molecule has 1 amide bonds. The van der Waals surface area contributed by atoms with Gasteiger partial charge in [0.05, 0.1) is 10.1 Å². The maximum Gasteiger partial charge on any atom is 0.221 e. The Morgan fingerprint density at radius 3 is 2.42 bits per heavy atom. The molecule has 0 aliphatic carbocycles. The fraction of sp³-hybridized carbons (Fsp3) is 0.571. The van der Waals surface area contributed by atoms with Crippen molar-refractivity contribution in [1.82, 2.24) is 5.32 Å². The minimum Gasteiger partial charge on any atom is -0.356 e. The van der Waals surface area contributed by atoms with Crippen LogP contribution in [0.1, 0.15) is 59.3 Å². The van der Waals surface area contributed by atoms with Crippen LogP contribution in [0.2, 0.25) is 0 Å². The summed E-state index contributed by atoms with van der Waals surface area (Å²) >= 11 is 0. The highest BCUT2D eigenvalue weighted by atomic mass is 32.2. The van der Waals surface area contributed by atoms with E-state index in [9.17, 15) is 13.2 Å². The number of benzene rings is 1. The zero-order valence-corrected chi connectivity index (χ0v) is 17.1. The summed E-state index contributed by atoms with van der Waals surface area (Å²) in [4.78, 5) is 12.5. The Hall–Kier alpha value is -1.62. The molecule has 1 unspecified atom stereocenters. The van der Waals surface area contributed by atoms with E-state index in [0.29, 0.717) is 12.5 Å². The monoisotopic (exact) mass is 379 g/mol. The van der Waals surface area contributed by atoms with Gasteiger partial charge >= 0.3 is 0 Å². The summed E-state index contributed by atoms with van der Waals surface area (Å²) in [6.07, 6.45) is 8.96. The Morgan fingerprint density at radius 2 is 1.81 bits per heavy atom. The van der Waals surface area contributed by atoms with Gasteiger partial charge in [-0.25, -0.2) is 8.42 Å². The lowest BCUT2D eigenvalue weighted by atomic mass is 10.1. The molecule has 0 aromatic heterocycles. The van der Waals surface area contributed by atoms with Crippen LogP contribution in [0.3, 0.4) is 0 Å². The van der Waals surface area contributed by atoms with Crippen molar-refractivity contribution >= 4 is 15.7 Å². The Bertz CT molecular complexity index is 651. The molecule has 0 radical (unpaired) electrons. The van der Waals surface area contributed by atoms with Crippen LogP contribution in [0.25, 0.3) is 0 Å². The average Bonchev–Trinajstić information content (AvgIpc) is 2.62. The third kappa shape index (κ3) is 8.17. The minimum absolute atomic E-state index is 0.0462. The first kappa shape index (κ1) is 22.4. The van der Waals surface area contributed by atoms with Gasteiger partial charge in [-0.1, -0.05) is 70.4 Å². The Morgan fingerprint density at radius 1 is 1.12 bits per heavy atom. The van der Waals surface area contributed by atoms with Crippen molar-refractivity contribution in [3.8, 4) is 0 Å². The molecule has 0 heterocycles. The summed E-state index contributed by atoms with van der Waals surface area (Å²) in [6, 6.07) is 8.37. The molecule has 0 saturated carbocycles. The molecule has 5 heteroatoms. The highest BCUT2D eigenvalue weighted by molar-refractivity contribution is 7.92. The van der Waals surface area contributed by atoms with E-state index < -0.39 is 15.1 Å². The van der Waals surface area contributed by atoms with Gasteiger partial charge in [0.25, 0.3) is 0 Å². The zero-order chi connectivity index (χ0) is 19.4. The standard InChI is InChI=1S/C21H33NO3S/c1-4-5-6-7-8-10-15-20(16-21(23)22-17-18(2)3)26(24,25)19-13-11-9-12-14-19/h9-15,18,20H,4-8,16-17H2,1-3H3,(H,22,23)/b15-10+. The molecule has 1 N–H and O–H groups in total. The van der Waals surface area contributed by atoms with Crippen molar-refractivity contribution in [2.45, 2.75) is 69.4 Å². The summed E-state index contributed by atoms with van der Waals surface area (Å²) in [6.45, 7) is 6.73. The maximum absolute atomic E-state index is 12.9. The van der Waals surface area contributed by atoms with Crippen molar-refractivity contribution < 1.29 is 13.2 Å². The first-order chi connectivity index (χ1) is 12.4. The molecular formula is C21H33NO3S. The Kier molecular flexibility index (Phi) is 10.3. The predicted octanol–water partition coefficient (Wildman–Crippen LogP) is 4.52. The number of rotatable bonds is 12. The van der Waals surface area contributed by atoms with Crippen LogP contribution in [0.4, 0.5) is 0 Å². The van der Waals surface area contributed by atoms with Crippen molar-refractivity contribution in [1.29, 1.82) is 0 Å². The summed E-state index contributed by atoms with van der Waals surface area (Å²) in [5.41, 5.74) is 0. The SMILES string of the molecule is CCCCCC/C=C/C(CC(=O)NCC(C)C)S(=O)(=O)c1ccccc1. The molecule has 0 saturated heterocycles. The van der Waals surface area contributed by atoms with E-state index in [-0.39, 0.29) is 17.2 Å². The predicted molar refractivity (Wildman–Crippen MR) is 108 cm³/mol. The molecule has 0 aliphatic rings. The number of amides is 1. The fourth-order valence-electron chi connectivity index (χ4n) is 2.58. The van der Waals surface area contributed by atoms with Crippen molar-refractivity contribution in [3.05, 3.63) is 42.5 Å². The fourth-order valence-corrected chi connectivity index (χ4v) is 4.15. The number of hydrogen-bond acceptors (Lipinski definition) is 3. The van der Waals surface area contributed by atoms with Crippen LogP contribution in [0.15, 0.2) is 47.4 Å². The lowest BCUT2D eigenvalue weighted by Gasteiger charge is -2.15. The first-order valence-corrected chi connectivity index (χ1v) is 11.1. The number of allylic oxidation sites excluding steroid dienone is 1. The number of carbonyl (C=O) groups excluding carboxylic acids is 1. The van der Waals surface area contributed by atoms with Gasteiger partial charge in [-0.05, 0) is 30.9 Å². The summed E-state index contributed by atoms with van der Waals surface area (Å²) in [7, 11) is -3.58. The molecule has 0 spiro atoms. The van der Waals surface area contributed by atoms with Crippen LogP contribution in [-0.4, -0.2) is 26.1 Å². The highest BCUT2D eigenvalue weighted by Crippen LogP contribution is 2.20. The van der Waals surface area contributed by atoms with Crippen LogP contribution in [0.5, 0.6) is 0 Å². The molecule has 146 valence electrons. The number of unbranched alkanes of at least 4 members (excludes halogenated alkanes) is 4. The second kappa shape index (κ2) is 11.9. The van der Waals surface area contributed by atoms with Gasteiger partial charge in [0.2, 0.25) is 5.91 Å². The van der Waals surface area contributed by atoms with Crippen molar-refractivity contribution in [3.63, 3.8) is 0 Å². The quantitative estimate of drug-likeness (QED) is 0.429. The van der Waals surface area contributed by atoms with E-state index in [4.69, 9.17) is 0 Å². The lowest BCUT2D eigenvalue weighted by Crippen LogP contribution is -2.32. The van der Waals surface area contributed by atoms with Crippen molar-refractivity contribution in [2.24, 2.45) is 5.92 Å². The van der Waals surface area contributed by atoms with E-state index in [0.717, 1.165) is 19.3 Å². The van der Waals surface area contributed by atoms with Crippen LogP contribution in [0, 0.1) is 5.92 Å². The van der Waals surface area contributed by atoms with Gasteiger partial charge in [0.15, 0.2) is 9.84 Å². The van der Waals surface area contributed by atoms with Crippen molar-refractivity contribution in [2.75, 3.05) is 6.54 Å². The second-order valence-corrected chi connectivity index (χ2v) is 9.24. The largest absolute Gasteiger partial charge is 0.356 e. The van der Waals surface area contributed by atoms with Gasteiger partial charge in [-0.2, -0.15) is 0 Å². The molecule has 0 bridgehead atoms. The normalized spacial score (nSPS) is 13.2. The molecule has 1 aromatic carbocycles. The summed E-state index contributed by atoms with van der Waals surface area (Å²) in [5, 5.41) is 1.99. The van der Waals surface area contributed by atoms with E-state index in [2.05, 4.69) is 12.2 Å². The number of carbonyl (C=O) groups is 1. The van der Waals surface area contributed by atoms with Crippen LogP contribution >= 0.6 is 0 Å². The van der Waals surface area contributed by atoms with Gasteiger partial charge in [-0.3, -0.25) is 4.79 Å². The van der Waals surface area contributed by atoms with Gasteiger partial charge < -0.3 is 5.32 Å². The minimum atomic E-state index is -3.58. The van der Waals surface area contributed by atoms with E-state index in [1.165, 1.54) is 12.8 Å². The third-order valence-electron chi connectivity index (χ3n) is 4.14. The zero-order valence-electron chi connectivity index (χ0n) is 16.3. The molecule has 1 rings (SSSR count). The Labute approximate surface area is 159 Å². The molecule has 1 aromatic rings. The van der Waals surface area contributed by atoms with Gasteiger partial charge in [0.1, 0.15) is 0 Å². The summed E-state index contributed by atoms with van der Waals surface area (Å²) < 4.78 is 25.9. The van der Waals surface area contributed by atoms with Gasteiger partial charge in [0, 0.05) is 13.0 Å². The summed E-state index contributed by atoms with van der Waals surface area (Å²) in [5.74, 6) is 0.107. The van der Waals surface area contributed by atoms with E-state index in [1.54, 1.807) is 36.4 Å². The smallest absolute Gasteiger partial charge is 0.221 e. The van der Waals surface area contributed by atoms with Gasteiger partial charge in [-0.15, -0.1) is 0 Å². The molecular weight excluding hydrogens is 346 g/mol.